The summed E-state index contributed by atoms with van der Waals surface area (Å²) in [5.41, 5.74) is 16.6. The smallest absolute Gasteiger partial charge is 0.0543 e. The van der Waals surface area contributed by atoms with Crippen molar-refractivity contribution in [3.63, 3.8) is 0 Å². The van der Waals surface area contributed by atoms with E-state index >= 15 is 0 Å². The molecule has 0 radical (unpaired) electrons. The molecular formula is C54H41N. The second kappa shape index (κ2) is 11.5. The molecular weight excluding hydrogens is 663 g/mol. The quantitative estimate of drug-likeness (QED) is 0.165. The Bertz CT molecular complexity index is 3030. The molecule has 0 saturated heterocycles. The molecule has 0 atom stereocenters. The molecule has 0 saturated carbocycles. The molecule has 0 aliphatic heterocycles. The lowest BCUT2D eigenvalue weighted by molar-refractivity contribution is 0.660. The lowest BCUT2D eigenvalue weighted by Gasteiger charge is -2.30. The van der Waals surface area contributed by atoms with Gasteiger partial charge in [0.25, 0.3) is 0 Å². The zero-order valence-corrected chi connectivity index (χ0v) is 31.7. The van der Waals surface area contributed by atoms with Gasteiger partial charge in [-0.3, -0.25) is 0 Å². The molecule has 0 heterocycles. The second-order valence-corrected chi connectivity index (χ2v) is 16.5. The minimum absolute atomic E-state index is 0.0957. The SMILES string of the molecule is CC1(C)c2ccccc2-c2ccc(N(c3ccc(-c4cc5ccc6ccccc6c5c5ccccc45)cc3)c3cccc4c3-c3ccccc3C4(C)C)cc21. The molecule has 1 heteroatoms. The third-order valence-corrected chi connectivity index (χ3v) is 12.8. The van der Waals surface area contributed by atoms with Crippen molar-refractivity contribution in [2.75, 3.05) is 4.90 Å². The molecule has 0 N–H and O–H groups in total. The third kappa shape index (κ3) is 4.53. The van der Waals surface area contributed by atoms with E-state index < -0.39 is 0 Å². The summed E-state index contributed by atoms with van der Waals surface area (Å²) in [4.78, 5) is 2.50. The van der Waals surface area contributed by atoms with Crippen molar-refractivity contribution >= 4 is 49.4 Å². The predicted octanol–water partition coefficient (Wildman–Crippen LogP) is 14.9. The molecule has 262 valence electrons. The fourth-order valence-electron chi connectivity index (χ4n) is 10.1. The average Bonchev–Trinajstić information content (AvgIpc) is 3.60. The number of hydrogen-bond donors (Lipinski definition) is 0. The number of nitrogens with zero attached hydrogens (tertiary/aromatic N) is 1. The molecule has 2 aliphatic rings. The zero-order valence-electron chi connectivity index (χ0n) is 31.7. The van der Waals surface area contributed by atoms with Crippen molar-refractivity contribution in [3.8, 4) is 33.4 Å². The summed E-state index contributed by atoms with van der Waals surface area (Å²) >= 11 is 0. The van der Waals surface area contributed by atoms with E-state index in [9.17, 15) is 0 Å². The van der Waals surface area contributed by atoms with Gasteiger partial charge in [-0.15, -0.1) is 0 Å². The van der Waals surface area contributed by atoms with Crippen LogP contribution in [0.15, 0.2) is 176 Å². The Labute approximate surface area is 323 Å². The van der Waals surface area contributed by atoms with Gasteiger partial charge >= 0.3 is 0 Å². The Hall–Kier alpha value is -6.44. The molecule has 11 rings (SSSR count). The fraction of sp³-hybridized carbons (Fsp3) is 0.111. The maximum Gasteiger partial charge on any atom is 0.0543 e. The van der Waals surface area contributed by atoms with E-state index in [4.69, 9.17) is 0 Å². The van der Waals surface area contributed by atoms with Gasteiger partial charge in [0.1, 0.15) is 0 Å². The van der Waals surface area contributed by atoms with Gasteiger partial charge in [0, 0.05) is 27.8 Å². The van der Waals surface area contributed by atoms with Crippen molar-refractivity contribution in [2.24, 2.45) is 0 Å². The minimum atomic E-state index is -0.104. The first-order valence-corrected chi connectivity index (χ1v) is 19.5. The third-order valence-electron chi connectivity index (χ3n) is 12.8. The largest absolute Gasteiger partial charge is 0.310 e. The van der Waals surface area contributed by atoms with Gasteiger partial charge in [0.2, 0.25) is 0 Å². The number of benzene rings is 9. The van der Waals surface area contributed by atoms with Crippen LogP contribution in [0.25, 0.3) is 65.7 Å². The Kier molecular flexibility index (Phi) is 6.72. The number of rotatable bonds is 4. The predicted molar refractivity (Wildman–Crippen MR) is 234 cm³/mol. The minimum Gasteiger partial charge on any atom is -0.310 e. The highest BCUT2D eigenvalue weighted by molar-refractivity contribution is 6.23. The number of anilines is 3. The Morgan fingerprint density at radius 3 is 1.75 bits per heavy atom. The summed E-state index contributed by atoms with van der Waals surface area (Å²) in [6, 6.07) is 65.8. The molecule has 1 nitrogen and oxygen atoms in total. The molecule has 9 aromatic rings. The molecule has 0 fully saturated rings. The van der Waals surface area contributed by atoms with Crippen LogP contribution in [0.3, 0.4) is 0 Å². The van der Waals surface area contributed by atoms with Gasteiger partial charge in [0.15, 0.2) is 0 Å². The second-order valence-electron chi connectivity index (χ2n) is 16.5. The molecule has 0 amide bonds. The van der Waals surface area contributed by atoms with E-state index in [1.54, 1.807) is 0 Å². The maximum atomic E-state index is 2.50. The van der Waals surface area contributed by atoms with Crippen molar-refractivity contribution in [1.82, 2.24) is 0 Å². The molecule has 9 aromatic carbocycles. The zero-order chi connectivity index (χ0) is 37.1. The topological polar surface area (TPSA) is 3.24 Å². The highest BCUT2D eigenvalue weighted by Gasteiger charge is 2.39. The summed E-state index contributed by atoms with van der Waals surface area (Å²) in [5, 5.41) is 7.73. The van der Waals surface area contributed by atoms with E-state index in [1.165, 1.54) is 99.3 Å². The van der Waals surface area contributed by atoms with Crippen LogP contribution in [0.4, 0.5) is 17.1 Å². The first-order valence-electron chi connectivity index (χ1n) is 19.5. The van der Waals surface area contributed by atoms with Crippen LogP contribution >= 0.6 is 0 Å². The number of fused-ring (bicyclic) bond motifs is 11. The van der Waals surface area contributed by atoms with Crippen LogP contribution < -0.4 is 4.90 Å². The highest BCUT2D eigenvalue weighted by Crippen LogP contribution is 2.56. The summed E-state index contributed by atoms with van der Waals surface area (Å²) in [6.07, 6.45) is 0. The molecule has 0 spiro atoms. The van der Waals surface area contributed by atoms with Crippen molar-refractivity contribution in [2.45, 2.75) is 38.5 Å². The fourth-order valence-corrected chi connectivity index (χ4v) is 10.1. The van der Waals surface area contributed by atoms with E-state index in [0.29, 0.717) is 0 Å². The van der Waals surface area contributed by atoms with Crippen LogP contribution in [-0.2, 0) is 10.8 Å². The van der Waals surface area contributed by atoms with Gasteiger partial charge in [-0.1, -0.05) is 167 Å². The molecule has 0 bridgehead atoms. The van der Waals surface area contributed by atoms with Crippen molar-refractivity contribution < 1.29 is 0 Å². The highest BCUT2D eigenvalue weighted by atomic mass is 15.1. The first-order chi connectivity index (χ1) is 26.8. The number of hydrogen-bond acceptors (Lipinski definition) is 1. The summed E-state index contributed by atoms with van der Waals surface area (Å²) in [7, 11) is 0. The lowest BCUT2D eigenvalue weighted by atomic mass is 9.82. The van der Waals surface area contributed by atoms with E-state index in [0.717, 1.165) is 5.69 Å². The maximum absolute atomic E-state index is 2.50. The standard InChI is InChI=1S/C54H41N/c1-53(2)47-21-12-10-19-44(47)52-48(53)22-13-23-50(52)55(38-30-31-42-41-17-9-11-20-46(41)54(3,4)49(42)33-38)37-28-26-35(27-29-37)45-32-36-25-24-34-14-5-6-15-39(34)51(36)43-18-8-7-16-40(43)45/h5-33H,1-4H3. The van der Waals surface area contributed by atoms with Crippen molar-refractivity contribution in [1.29, 1.82) is 0 Å². The molecule has 0 aromatic heterocycles. The Balaban J connectivity index is 1.11. The Morgan fingerprint density at radius 2 is 0.945 bits per heavy atom. The van der Waals surface area contributed by atoms with Crippen molar-refractivity contribution in [3.05, 3.63) is 198 Å². The first kappa shape index (κ1) is 32.0. The molecule has 0 unspecified atom stereocenters. The van der Waals surface area contributed by atoms with Gasteiger partial charge in [-0.25, -0.2) is 0 Å². The Morgan fingerprint density at radius 1 is 0.364 bits per heavy atom. The van der Waals surface area contributed by atoms with Crippen LogP contribution in [0.5, 0.6) is 0 Å². The van der Waals surface area contributed by atoms with E-state index in [-0.39, 0.29) is 10.8 Å². The lowest BCUT2D eigenvalue weighted by Crippen LogP contribution is -2.17. The monoisotopic (exact) mass is 703 g/mol. The summed E-state index contributed by atoms with van der Waals surface area (Å²) in [6.45, 7) is 9.48. The summed E-state index contributed by atoms with van der Waals surface area (Å²) in [5.74, 6) is 0. The van der Waals surface area contributed by atoms with Gasteiger partial charge in [0.05, 0.1) is 5.69 Å². The van der Waals surface area contributed by atoms with Crippen LogP contribution in [-0.4, -0.2) is 0 Å². The van der Waals surface area contributed by atoms with Crippen LogP contribution in [0.2, 0.25) is 0 Å². The van der Waals surface area contributed by atoms with E-state index in [2.05, 4.69) is 209 Å². The normalized spacial score (nSPS) is 14.5. The van der Waals surface area contributed by atoms with Crippen LogP contribution in [0.1, 0.15) is 49.9 Å². The van der Waals surface area contributed by atoms with Gasteiger partial charge in [-0.2, -0.15) is 0 Å². The van der Waals surface area contributed by atoms with Gasteiger partial charge < -0.3 is 4.90 Å². The van der Waals surface area contributed by atoms with Crippen LogP contribution in [0, 0.1) is 0 Å². The molecule has 2 aliphatic carbocycles. The summed E-state index contributed by atoms with van der Waals surface area (Å²) < 4.78 is 0. The molecule has 55 heavy (non-hydrogen) atoms. The van der Waals surface area contributed by atoms with E-state index in [1.807, 2.05) is 0 Å². The van der Waals surface area contributed by atoms with Gasteiger partial charge in [-0.05, 0) is 119 Å². The average molecular weight is 704 g/mol.